The molecule has 0 unspecified atom stereocenters. The van der Waals surface area contributed by atoms with Gasteiger partial charge in [-0.25, -0.2) is 0 Å². The molecular weight excluding hydrogens is 1840 g/mol. The maximum Gasteiger partial charge on any atom is 0.0640 e. The van der Waals surface area contributed by atoms with Gasteiger partial charge >= 0.3 is 0 Å². The molecule has 0 aliphatic heterocycles. The molecule has 0 bridgehead atoms. The number of para-hydroxylation sites is 7. The minimum atomic E-state index is 1.16. The molecule has 0 atom stereocenters. The van der Waals surface area contributed by atoms with Crippen LogP contribution in [0.3, 0.4) is 0 Å². The predicted octanol–water partition coefficient (Wildman–Crippen LogP) is 39.1. The van der Waals surface area contributed by atoms with Crippen LogP contribution in [-0.4, -0.2) is 27.4 Å². The van der Waals surface area contributed by atoms with E-state index in [1.54, 1.807) is 0 Å². The Morgan fingerprint density at radius 3 is 0.626 bits per heavy atom. The molecule has 9 heterocycles. The van der Waals surface area contributed by atoms with E-state index in [9.17, 15) is 0 Å². The minimum absolute atomic E-state index is 1.16. The van der Waals surface area contributed by atoms with Gasteiger partial charge in [0.25, 0.3) is 0 Å². The van der Waals surface area contributed by atoms with E-state index >= 15 is 0 Å². The van der Waals surface area contributed by atoms with Gasteiger partial charge in [-0.15, -0.1) is 34.0 Å². The lowest BCUT2D eigenvalue weighted by molar-refractivity contribution is 1.18. The average molecular weight is 1920 g/mol. The lowest BCUT2D eigenvalue weighted by Gasteiger charge is -2.11. The van der Waals surface area contributed by atoms with E-state index in [2.05, 4.69) is 549 Å². The SMILES string of the molecule is c1ccc(-c2ccc(-n3c4ccccc4c4cc(-c5ccc6c(c5)c5ccccc5n6-c5cccc6c5sc5ccccc56)ccc43)cc2)cc1.c1ccc(-c2cccc(-n3c4ccccc4c4cc(-c5ccc6c(c5)c5ccccc5n6-c5cccc6c5sc5ccccc56)ccc43)c2)cc1.c1ccc(-n2c3ccccc3c3cc(-c4ccc5c(c4)c4ccccc4n5-c4cccc5c4sc4ccccc45)ccc32)cc1. The summed E-state index contributed by atoms with van der Waals surface area (Å²) in [4.78, 5) is 0. The van der Waals surface area contributed by atoms with Crippen molar-refractivity contribution in [1.82, 2.24) is 27.4 Å². The molecule has 23 aromatic carbocycles. The molecule has 32 aromatic rings. The van der Waals surface area contributed by atoms with Crippen LogP contribution in [0.5, 0.6) is 0 Å². The average Bonchev–Trinajstić information content (AvgIpc) is 1.58. The fraction of sp³-hybridized carbons (Fsp3) is 0. The number of fused-ring (bicyclic) bond motifs is 27. The van der Waals surface area contributed by atoms with Gasteiger partial charge in [0, 0.05) is 128 Å². The second-order valence-electron chi connectivity index (χ2n) is 38.4. The molecule has 0 fully saturated rings. The molecule has 147 heavy (non-hydrogen) atoms. The van der Waals surface area contributed by atoms with Crippen molar-refractivity contribution >= 4 is 225 Å². The van der Waals surface area contributed by atoms with Crippen LogP contribution in [-0.2, 0) is 0 Å². The summed E-state index contributed by atoms with van der Waals surface area (Å²) in [5.41, 5.74) is 34.1. The molecule has 32 rings (SSSR count). The number of rotatable bonds is 11. The van der Waals surface area contributed by atoms with Crippen LogP contribution < -0.4 is 0 Å². The molecule has 686 valence electrons. The van der Waals surface area contributed by atoms with Gasteiger partial charge in [-0.2, -0.15) is 0 Å². The van der Waals surface area contributed by atoms with Crippen LogP contribution in [0.1, 0.15) is 0 Å². The van der Waals surface area contributed by atoms with Crippen molar-refractivity contribution in [3.63, 3.8) is 0 Å². The summed E-state index contributed by atoms with van der Waals surface area (Å²) >= 11 is 5.65. The third-order valence-electron chi connectivity index (χ3n) is 30.4. The molecule has 9 heteroatoms. The van der Waals surface area contributed by atoms with Gasteiger partial charge in [-0.3, -0.25) is 0 Å². The molecule has 0 amide bonds. The molecule has 6 nitrogen and oxygen atoms in total. The number of aromatic nitrogens is 6. The monoisotopic (exact) mass is 1920 g/mol. The van der Waals surface area contributed by atoms with Crippen molar-refractivity contribution in [1.29, 1.82) is 0 Å². The van der Waals surface area contributed by atoms with Gasteiger partial charge in [0.2, 0.25) is 0 Å². The summed E-state index contributed by atoms with van der Waals surface area (Å²) in [7, 11) is 0. The summed E-state index contributed by atoms with van der Waals surface area (Å²) in [6.07, 6.45) is 0. The standard InChI is InChI=1S/2C48H30N2S.C42H26N2S/c1-2-12-31(13-3-1)32-14-10-15-35(28-32)49-42-20-7-4-16-36(42)40-29-33(24-26-44(40)49)34-25-27-45-41(30-34)37-17-5-8-21-43(37)50(45)46-22-11-19-39-38-18-6-9-23-47(38)51-48(39)46;1-2-11-31(12-3-1)32-21-25-35(26-22-32)49-42-17-7-4-13-36(42)40-29-33(23-27-44(40)49)34-24-28-45-41(30-34)37-14-5-8-18-43(37)50(45)46-19-10-16-39-38-15-6-9-20-47(38)51-48(39)46;1-2-11-29(12-3-1)43-36-17-7-4-13-30(36)34-25-27(21-23-38(34)43)28-22-24-39-35(26-28)31-14-5-8-18-37(31)44(39)40-19-10-16-33-32-15-6-9-20-41(32)45-42(33)40/h2*1-30H;1-26H. The van der Waals surface area contributed by atoms with Crippen LogP contribution in [0.15, 0.2) is 522 Å². The quantitative estimate of drug-likeness (QED) is 0.124. The molecule has 0 spiro atoms. The number of thiophene rings is 3. The number of nitrogens with zero attached hydrogens (tertiary/aromatic N) is 6. The number of hydrogen-bond acceptors (Lipinski definition) is 3. The molecule has 0 saturated heterocycles. The zero-order valence-electron chi connectivity index (χ0n) is 79.6. The van der Waals surface area contributed by atoms with Crippen LogP contribution in [0.4, 0.5) is 0 Å². The zero-order valence-corrected chi connectivity index (χ0v) is 82.0. The summed E-state index contributed by atoms with van der Waals surface area (Å²) in [6.45, 7) is 0. The number of hydrogen-bond donors (Lipinski definition) is 0. The molecular formula is C138H86N6S3. The Kier molecular flexibility index (Phi) is 19.6. The first-order valence-corrected chi connectivity index (χ1v) is 52.7. The van der Waals surface area contributed by atoms with Crippen molar-refractivity contribution in [2.45, 2.75) is 0 Å². The Labute approximate surface area is 857 Å². The molecule has 9 aromatic heterocycles. The van der Waals surface area contributed by atoms with Crippen molar-refractivity contribution in [3.8, 4) is 89.8 Å². The summed E-state index contributed by atoms with van der Waals surface area (Å²) < 4.78 is 22.5. The summed E-state index contributed by atoms with van der Waals surface area (Å²) in [5, 5.41) is 23.1. The highest BCUT2D eigenvalue weighted by Crippen LogP contribution is 2.50. The van der Waals surface area contributed by atoms with Crippen LogP contribution in [0.2, 0.25) is 0 Å². The molecule has 0 aliphatic rings. The van der Waals surface area contributed by atoms with Crippen LogP contribution in [0, 0.1) is 0 Å². The molecule has 0 radical (unpaired) electrons. The third-order valence-corrected chi connectivity index (χ3v) is 34.0. The Bertz CT molecular complexity index is 11000. The first-order chi connectivity index (χ1) is 72.9. The Morgan fingerprint density at radius 1 is 0.109 bits per heavy atom. The van der Waals surface area contributed by atoms with E-state index < -0.39 is 0 Å². The smallest absolute Gasteiger partial charge is 0.0640 e. The lowest BCUT2D eigenvalue weighted by Crippen LogP contribution is -1.94. The normalized spacial score (nSPS) is 11.9. The third kappa shape index (κ3) is 13.6. The van der Waals surface area contributed by atoms with Crippen LogP contribution >= 0.6 is 34.0 Å². The van der Waals surface area contributed by atoms with E-state index in [4.69, 9.17) is 0 Å². The Balaban J connectivity index is 0.000000102. The van der Waals surface area contributed by atoms with E-state index in [1.807, 2.05) is 34.0 Å². The Hall–Kier alpha value is -18.5. The highest BCUT2D eigenvalue weighted by molar-refractivity contribution is 7.27. The van der Waals surface area contributed by atoms with Crippen molar-refractivity contribution < 1.29 is 0 Å². The molecule has 0 saturated carbocycles. The van der Waals surface area contributed by atoms with Gasteiger partial charge in [-0.1, -0.05) is 340 Å². The van der Waals surface area contributed by atoms with Gasteiger partial charge in [-0.05, 0) is 238 Å². The fourth-order valence-electron chi connectivity index (χ4n) is 23.7. The summed E-state index contributed by atoms with van der Waals surface area (Å²) in [5.74, 6) is 0. The molecule has 0 aliphatic carbocycles. The van der Waals surface area contributed by atoms with Crippen LogP contribution in [0.25, 0.3) is 281 Å². The summed E-state index contributed by atoms with van der Waals surface area (Å²) in [6, 6.07) is 191. The van der Waals surface area contributed by atoms with Gasteiger partial charge < -0.3 is 27.4 Å². The second kappa shape index (κ2) is 34.1. The topological polar surface area (TPSA) is 29.6 Å². The minimum Gasteiger partial charge on any atom is -0.309 e. The number of benzene rings is 23. The van der Waals surface area contributed by atoms with Gasteiger partial charge in [0.1, 0.15) is 0 Å². The van der Waals surface area contributed by atoms with E-state index in [1.165, 1.54) is 270 Å². The largest absolute Gasteiger partial charge is 0.309 e. The maximum atomic E-state index is 2.46. The van der Waals surface area contributed by atoms with Crippen molar-refractivity contribution in [2.24, 2.45) is 0 Å². The lowest BCUT2D eigenvalue weighted by atomic mass is 10.0. The highest BCUT2D eigenvalue weighted by Gasteiger charge is 2.26. The predicted molar refractivity (Wildman–Crippen MR) is 631 cm³/mol. The van der Waals surface area contributed by atoms with Gasteiger partial charge in [0.05, 0.1) is 97.4 Å². The second-order valence-corrected chi connectivity index (χ2v) is 41.6. The maximum absolute atomic E-state index is 2.46. The van der Waals surface area contributed by atoms with Crippen molar-refractivity contribution in [2.75, 3.05) is 0 Å². The Morgan fingerprint density at radius 2 is 0.306 bits per heavy atom. The first kappa shape index (κ1) is 84.2. The highest BCUT2D eigenvalue weighted by atomic mass is 32.1. The molecule has 0 N–H and O–H groups in total. The van der Waals surface area contributed by atoms with E-state index in [0.29, 0.717) is 0 Å². The van der Waals surface area contributed by atoms with E-state index in [-0.39, 0.29) is 0 Å². The van der Waals surface area contributed by atoms with E-state index in [0.717, 1.165) is 11.4 Å². The zero-order chi connectivity index (χ0) is 96.4. The first-order valence-electron chi connectivity index (χ1n) is 50.2. The van der Waals surface area contributed by atoms with Gasteiger partial charge in [0.15, 0.2) is 0 Å². The fourth-order valence-corrected chi connectivity index (χ4v) is 27.3. The van der Waals surface area contributed by atoms with Crippen molar-refractivity contribution in [3.05, 3.63) is 522 Å².